The van der Waals surface area contributed by atoms with Crippen LogP contribution in [0, 0.1) is 6.92 Å². The van der Waals surface area contributed by atoms with Crippen LogP contribution in [-0.2, 0) is 14.6 Å². The summed E-state index contributed by atoms with van der Waals surface area (Å²) in [5.41, 5.74) is 2.69. The lowest BCUT2D eigenvalue weighted by molar-refractivity contribution is -0.128. The maximum absolute atomic E-state index is 12.6. The van der Waals surface area contributed by atoms with E-state index in [0.717, 1.165) is 22.2 Å². The molecule has 1 atom stereocenters. The van der Waals surface area contributed by atoms with E-state index in [1.54, 1.807) is 19.1 Å². The number of amides is 1. The standard InChI is InChI=1S/C19H22N4O4S2/c1-12-8-17-20-21-19(23(17)16-9-14(27-3)4-5-15(12)16)28-10-18(24)22(2)13-6-7-29(25,26)11-13/h4-5,8-9,13H,6-7,10-11H2,1-3H3/t13-/m0/s1. The molecule has 1 fully saturated rings. The highest BCUT2D eigenvalue weighted by atomic mass is 32.2. The third-order valence-electron chi connectivity index (χ3n) is 5.35. The van der Waals surface area contributed by atoms with E-state index in [9.17, 15) is 13.2 Å². The Morgan fingerprint density at radius 3 is 2.83 bits per heavy atom. The zero-order valence-corrected chi connectivity index (χ0v) is 18.1. The Labute approximate surface area is 173 Å². The van der Waals surface area contributed by atoms with E-state index in [2.05, 4.69) is 10.2 Å². The molecule has 0 saturated carbocycles. The molecule has 4 rings (SSSR count). The molecule has 8 nitrogen and oxygen atoms in total. The maximum Gasteiger partial charge on any atom is 0.233 e. The monoisotopic (exact) mass is 434 g/mol. The molecule has 1 saturated heterocycles. The highest BCUT2D eigenvalue weighted by Crippen LogP contribution is 2.29. The van der Waals surface area contributed by atoms with Gasteiger partial charge in [-0.25, -0.2) is 8.42 Å². The Bertz CT molecular complexity index is 1210. The number of benzene rings is 1. The van der Waals surface area contributed by atoms with E-state index >= 15 is 0 Å². The molecule has 29 heavy (non-hydrogen) atoms. The number of carbonyl (C=O) groups is 1. The average Bonchev–Trinajstić information content (AvgIpc) is 3.27. The molecule has 3 aromatic rings. The lowest BCUT2D eigenvalue weighted by atomic mass is 10.1. The first-order chi connectivity index (χ1) is 13.8. The van der Waals surface area contributed by atoms with Gasteiger partial charge in [0.2, 0.25) is 5.91 Å². The van der Waals surface area contributed by atoms with Gasteiger partial charge in [0.1, 0.15) is 5.75 Å². The van der Waals surface area contributed by atoms with Gasteiger partial charge in [0.05, 0.1) is 29.9 Å². The van der Waals surface area contributed by atoms with Gasteiger partial charge in [0.15, 0.2) is 20.6 Å². The molecule has 0 spiro atoms. The fourth-order valence-electron chi connectivity index (χ4n) is 3.64. The van der Waals surface area contributed by atoms with E-state index in [1.165, 1.54) is 11.8 Å². The van der Waals surface area contributed by atoms with E-state index < -0.39 is 9.84 Å². The van der Waals surface area contributed by atoms with Crippen molar-refractivity contribution in [2.24, 2.45) is 0 Å². The molecule has 0 bridgehead atoms. The summed E-state index contributed by atoms with van der Waals surface area (Å²) in [4.78, 5) is 14.2. The van der Waals surface area contributed by atoms with Crippen LogP contribution < -0.4 is 4.74 Å². The van der Waals surface area contributed by atoms with Gasteiger partial charge in [-0.15, -0.1) is 10.2 Å². The minimum atomic E-state index is -3.04. The number of nitrogens with zero attached hydrogens (tertiary/aromatic N) is 4. The number of rotatable bonds is 5. The van der Waals surface area contributed by atoms with Gasteiger partial charge in [0, 0.05) is 24.5 Å². The van der Waals surface area contributed by atoms with Gasteiger partial charge >= 0.3 is 0 Å². The van der Waals surface area contributed by atoms with Crippen molar-refractivity contribution in [2.75, 3.05) is 31.4 Å². The highest BCUT2D eigenvalue weighted by molar-refractivity contribution is 7.99. The highest BCUT2D eigenvalue weighted by Gasteiger charge is 2.32. The fraction of sp³-hybridized carbons (Fsp3) is 0.421. The number of ether oxygens (including phenoxy) is 1. The Hall–Kier alpha value is -2.33. The van der Waals surface area contributed by atoms with Gasteiger partial charge in [-0.1, -0.05) is 11.8 Å². The fourth-order valence-corrected chi connectivity index (χ4v) is 6.29. The Morgan fingerprint density at radius 1 is 1.34 bits per heavy atom. The lowest BCUT2D eigenvalue weighted by Gasteiger charge is -2.23. The zero-order chi connectivity index (χ0) is 20.8. The number of fused-ring (bicyclic) bond motifs is 3. The predicted octanol–water partition coefficient (Wildman–Crippen LogP) is 1.94. The second kappa shape index (κ2) is 7.49. The van der Waals surface area contributed by atoms with Crippen molar-refractivity contribution in [3.05, 3.63) is 29.8 Å². The number of sulfone groups is 1. The molecular formula is C19H22N4O4S2. The third kappa shape index (κ3) is 3.78. The largest absolute Gasteiger partial charge is 0.497 e. The Balaban J connectivity index is 1.60. The minimum Gasteiger partial charge on any atom is -0.497 e. The summed E-state index contributed by atoms with van der Waals surface area (Å²) in [5.74, 6) is 0.949. The summed E-state index contributed by atoms with van der Waals surface area (Å²) >= 11 is 1.29. The third-order valence-corrected chi connectivity index (χ3v) is 8.01. The molecular weight excluding hydrogens is 412 g/mol. The molecule has 2 aromatic heterocycles. The second-order valence-corrected chi connectivity index (χ2v) is 10.4. The van der Waals surface area contributed by atoms with Gasteiger partial charge in [-0.3, -0.25) is 9.20 Å². The summed E-state index contributed by atoms with van der Waals surface area (Å²) < 4.78 is 30.7. The first-order valence-electron chi connectivity index (χ1n) is 9.20. The number of aryl methyl sites for hydroxylation is 1. The number of thioether (sulfide) groups is 1. The van der Waals surface area contributed by atoms with E-state index in [4.69, 9.17) is 4.74 Å². The van der Waals surface area contributed by atoms with Crippen molar-refractivity contribution in [2.45, 2.75) is 24.5 Å². The topological polar surface area (TPSA) is 93.9 Å². The van der Waals surface area contributed by atoms with Crippen molar-refractivity contribution >= 4 is 44.1 Å². The van der Waals surface area contributed by atoms with Crippen LogP contribution in [0.1, 0.15) is 12.0 Å². The molecule has 1 aromatic carbocycles. The van der Waals surface area contributed by atoms with Crippen LogP contribution in [-0.4, -0.2) is 71.3 Å². The molecule has 3 heterocycles. The van der Waals surface area contributed by atoms with Crippen LogP contribution in [0.2, 0.25) is 0 Å². The molecule has 0 N–H and O–H groups in total. The number of pyridine rings is 1. The van der Waals surface area contributed by atoms with Crippen LogP contribution in [0.15, 0.2) is 29.4 Å². The Kier molecular flexibility index (Phi) is 5.16. The smallest absolute Gasteiger partial charge is 0.233 e. The summed E-state index contributed by atoms with van der Waals surface area (Å²) in [7, 11) is 0.250. The summed E-state index contributed by atoms with van der Waals surface area (Å²) in [5, 5.41) is 10.2. The number of hydrogen-bond donors (Lipinski definition) is 0. The molecule has 1 aliphatic heterocycles. The summed E-state index contributed by atoms with van der Waals surface area (Å²) in [6.45, 7) is 2.02. The van der Waals surface area contributed by atoms with Gasteiger partial charge in [-0.2, -0.15) is 0 Å². The number of hydrogen-bond acceptors (Lipinski definition) is 7. The van der Waals surface area contributed by atoms with Crippen LogP contribution in [0.25, 0.3) is 16.6 Å². The maximum atomic E-state index is 12.6. The molecule has 0 aliphatic carbocycles. The molecule has 10 heteroatoms. The van der Waals surface area contributed by atoms with Crippen molar-refractivity contribution in [3.63, 3.8) is 0 Å². The first-order valence-corrected chi connectivity index (χ1v) is 12.0. The number of methoxy groups -OCH3 is 1. The van der Waals surface area contributed by atoms with Crippen molar-refractivity contribution in [3.8, 4) is 5.75 Å². The average molecular weight is 435 g/mol. The van der Waals surface area contributed by atoms with E-state index in [1.807, 2.05) is 35.6 Å². The summed E-state index contributed by atoms with van der Waals surface area (Å²) in [6.07, 6.45) is 0.493. The lowest BCUT2D eigenvalue weighted by Crippen LogP contribution is -2.38. The van der Waals surface area contributed by atoms with Crippen molar-refractivity contribution < 1.29 is 17.9 Å². The van der Waals surface area contributed by atoms with Crippen molar-refractivity contribution in [1.29, 1.82) is 0 Å². The minimum absolute atomic E-state index is 0.0392. The normalized spacial score (nSPS) is 18.4. The van der Waals surface area contributed by atoms with Crippen LogP contribution >= 0.6 is 11.8 Å². The number of carbonyl (C=O) groups excluding carboxylic acids is 1. The predicted molar refractivity (Wildman–Crippen MR) is 112 cm³/mol. The van der Waals surface area contributed by atoms with Crippen LogP contribution in [0.4, 0.5) is 0 Å². The molecule has 1 amide bonds. The second-order valence-electron chi connectivity index (χ2n) is 7.24. The van der Waals surface area contributed by atoms with E-state index in [-0.39, 0.29) is 29.2 Å². The molecule has 0 radical (unpaired) electrons. The molecule has 0 unspecified atom stereocenters. The van der Waals surface area contributed by atoms with E-state index in [0.29, 0.717) is 17.2 Å². The van der Waals surface area contributed by atoms with Crippen LogP contribution in [0.3, 0.4) is 0 Å². The van der Waals surface area contributed by atoms with Gasteiger partial charge < -0.3 is 9.64 Å². The SMILES string of the molecule is COc1ccc2c(C)cc3nnc(SCC(=O)N(C)[C@H]4CCS(=O)(=O)C4)n3c2c1. The van der Waals surface area contributed by atoms with Crippen molar-refractivity contribution in [1.82, 2.24) is 19.5 Å². The van der Waals surface area contributed by atoms with Gasteiger partial charge in [0.25, 0.3) is 0 Å². The van der Waals surface area contributed by atoms with Crippen LogP contribution in [0.5, 0.6) is 5.75 Å². The first kappa shape index (κ1) is 20.0. The van der Waals surface area contributed by atoms with Gasteiger partial charge in [-0.05, 0) is 37.1 Å². The summed E-state index contributed by atoms with van der Waals surface area (Å²) in [6, 6.07) is 7.54. The molecule has 154 valence electrons. The zero-order valence-electron chi connectivity index (χ0n) is 16.5. The molecule has 1 aliphatic rings. The Morgan fingerprint density at radius 2 is 2.14 bits per heavy atom. The quantitative estimate of drug-likeness (QED) is 0.567. The number of aromatic nitrogens is 3.